The van der Waals surface area contributed by atoms with Crippen molar-refractivity contribution in [3.63, 3.8) is 0 Å². The molecule has 1 aromatic carbocycles. The van der Waals surface area contributed by atoms with Crippen molar-refractivity contribution in [3.05, 3.63) is 41.7 Å². The van der Waals surface area contributed by atoms with Crippen LogP contribution in [0.2, 0.25) is 0 Å². The van der Waals surface area contributed by atoms with Gasteiger partial charge in [-0.25, -0.2) is 9.37 Å². The van der Waals surface area contributed by atoms with E-state index in [0.29, 0.717) is 24.1 Å². The van der Waals surface area contributed by atoms with Crippen LogP contribution in [-0.4, -0.2) is 15.2 Å². The summed E-state index contributed by atoms with van der Waals surface area (Å²) in [5.74, 6) is 2.47. The van der Waals surface area contributed by atoms with Crippen LogP contribution >= 0.6 is 0 Å². The third-order valence-electron chi connectivity index (χ3n) is 2.68. The van der Waals surface area contributed by atoms with Gasteiger partial charge in [-0.2, -0.15) is 5.10 Å². The maximum absolute atomic E-state index is 12.7. The molecule has 1 aliphatic rings. The minimum atomic E-state index is -0.270. The van der Waals surface area contributed by atoms with Crippen molar-refractivity contribution >= 4 is 0 Å². The highest BCUT2D eigenvalue weighted by Crippen LogP contribution is 2.37. The van der Waals surface area contributed by atoms with Gasteiger partial charge in [0.15, 0.2) is 11.6 Å². The minimum Gasteiger partial charge on any atom is -0.486 e. The van der Waals surface area contributed by atoms with Crippen molar-refractivity contribution in [2.45, 2.75) is 25.4 Å². The Balaban J connectivity index is 1.60. The molecule has 0 unspecified atom stereocenters. The van der Waals surface area contributed by atoms with Crippen molar-refractivity contribution in [1.82, 2.24) is 15.2 Å². The molecule has 3 rings (SSSR count). The number of nitrogens with one attached hydrogen (secondary N) is 1. The van der Waals surface area contributed by atoms with Crippen molar-refractivity contribution in [2.75, 3.05) is 0 Å². The van der Waals surface area contributed by atoms with E-state index in [4.69, 9.17) is 4.74 Å². The highest BCUT2D eigenvalue weighted by molar-refractivity contribution is 5.22. The smallest absolute Gasteiger partial charge is 0.162 e. The number of hydrogen-bond donors (Lipinski definition) is 1. The lowest BCUT2D eigenvalue weighted by molar-refractivity contribution is 0.296. The molecular formula is C12H12FN3O. The summed E-state index contributed by atoms with van der Waals surface area (Å²) in [6.07, 6.45) is 2.35. The van der Waals surface area contributed by atoms with E-state index in [1.54, 1.807) is 12.1 Å². The minimum absolute atomic E-state index is 0.270. The second-order valence-corrected chi connectivity index (χ2v) is 4.16. The topological polar surface area (TPSA) is 50.8 Å². The number of ether oxygens (including phenoxy) is 1. The molecule has 0 radical (unpaired) electrons. The quantitative estimate of drug-likeness (QED) is 0.882. The van der Waals surface area contributed by atoms with Gasteiger partial charge in [-0.1, -0.05) is 0 Å². The Morgan fingerprint density at radius 1 is 1.29 bits per heavy atom. The van der Waals surface area contributed by atoms with Crippen LogP contribution in [0.25, 0.3) is 0 Å². The van der Waals surface area contributed by atoms with Crippen LogP contribution in [0.3, 0.4) is 0 Å². The number of rotatable bonds is 4. The Hall–Kier alpha value is -1.91. The first-order chi connectivity index (χ1) is 8.31. The molecule has 5 heteroatoms. The molecule has 1 heterocycles. The number of nitrogens with zero attached hydrogens (tertiary/aromatic N) is 2. The monoisotopic (exact) mass is 233 g/mol. The van der Waals surface area contributed by atoms with Gasteiger partial charge in [0.2, 0.25) is 0 Å². The maximum Gasteiger partial charge on any atom is 0.162 e. The normalized spacial score (nSPS) is 14.9. The number of aromatic nitrogens is 3. The third-order valence-corrected chi connectivity index (χ3v) is 2.68. The number of hydrogen-bond acceptors (Lipinski definition) is 3. The summed E-state index contributed by atoms with van der Waals surface area (Å²) >= 11 is 0. The standard InChI is InChI=1S/C12H12FN3O/c13-9-3-5-10(6-4-9)17-7-11-14-12(16-15-11)8-1-2-8/h3-6,8H,1-2,7H2,(H,14,15,16). The van der Waals surface area contributed by atoms with Gasteiger partial charge < -0.3 is 4.74 Å². The van der Waals surface area contributed by atoms with Crippen LogP contribution in [0.15, 0.2) is 24.3 Å². The van der Waals surface area contributed by atoms with E-state index in [1.165, 1.54) is 25.0 Å². The lowest BCUT2D eigenvalue weighted by Crippen LogP contribution is -1.97. The number of aromatic amines is 1. The average molecular weight is 233 g/mol. The Bertz CT molecular complexity index is 505. The van der Waals surface area contributed by atoms with Gasteiger partial charge in [0.1, 0.15) is 18.2 Å². The maximum atomic E-state index is 12.7. The molecule has 0 amide bonds. The second kappa shape index (κ2) is 4.16. The Morgan fingerprint density at radius 2 is 2.06 bits per heavy atom. The van der Waals surface area contributed by atoms with Gasteiger partial charge >= 0.3 is 0 Å². The molecule has 1 fully saturated rings. The van der Waals surface area contributed by atoms with Crippen LogP contribution in [-0.2, 0) is 6.61 Å². The Labute approximate surface area is 97.8 Å². The van der Waals surface area contributed by atoms with Crippen molar-refractivity contribution < 1.29 is 9.13 Å². The number of H-pyrrole nitrogens is 1. The summed E-state index contributed by atoms with van der Waals surface area (Å²) in [7, 11) is 0. The summed E-state index contributed by atoms with van der Waals surface area (Å²) in [6, 6.07) is 5.91. The molecule has 4 nitrogen and oxygen atoms in total. The SMILES string of the molecule is Fc1ccc(OCc2nc(C3CC3)n[nH]2)cc1. The zero-order chi connectivity index (χ0) is 11.7. The lowest BCUT2D eigenvalue weighted by atomic mass is 10.3. The Kier molecular flexibility index (Phi) is 2.51. The van der Waals surface area contributed by atoms with Gasteiger partial charge in [0.05, 0.1) is 0 Å². The fourth-order valence-electron chi connectivity index (χ4n) is 1.58. The van der Waals surface area contributed by atoms with Gasteiger partial charge in [0.25, 0.3) is 0 Å². The van der Waals surface area contributed by atoms with Gasteiger partial charge in [-0.3, -0.25) is 5.10 Å². The summed E-state index contributed by atoms with van der Waals surface area (Å²) in [5.41, 5.74) is 0. The second-order valence-electron chi connectivity index (χ2n) is 4.16. The third kappa shape index (κ3) is 2.43. The van der Waals surface area contributed by atoms with E-state index in [0.717, 1.165) is 5.82 Å². The molecule has 0 aliphatic heterocycles. The average Bonchev–Trinajstić information content (AvgIpc) is 3.09. The van der Waals surface area contributed by atoms with Crippen LogP contribution in [0.5, 0.6) is 5.75 Å². The fourth-order valence-corrected chi connectivity index (χ4v) is 1.58. The van der Waals surface area contributed by atoms with Crippen LogP contribution in [0.4, 0.5) is 4.39 Å². The molecule has 1 N–H and O–H groups in total. The largest absolute Gasteiger partial charge is 0.486 e. The van der Waals surface area contributed by atoms with E-state index in [1.807, 2.05) is 0 Å². The van der Waals surface area contributed by atoms with Gasteiger partial charge in [-0.15, -0.1) is 0 Å². The van der Waals surface area contributed by atoms with Gasteiger partial charge in [0, 0.05) is 5.92 Å². The van der Waals surface area contributed by atoms with Crippen LogP contribution < -0.4 is 4.74 Å². The van der Waals surface area contributed by atoms with Gasteiger partial charge in [-0.05, 0) is 37.1 Å². The zero-order valence-corrected chi connectivity index (χ0v) is 9.19. The molecule has 0 saturated heterocycles. The first kappa shape index (κ1) is 10.3. The molecule has 88 valence electrons. The molecule has 0 atom stereocenters. The molecule has 1 saturated carbocycles. The van der Waals surface area contributed by atoms with Crippen molar-refractivity contribution in [2.24, 2.45) is 0 Å². The van der Waals surface area contributed by atoms with Crippen molar-refractivity contribution in [3.8, 4) is 5.75 Å². The molecule has 1 aromatic heterocycles. The van der Waals surface area contributed by atoms with Crippen LogP contribution in [0, 0.1) is 5.82 Å². The highest BCUT2D eigenvalue weighted by Gasteiger charge is 2.27. The molecule has 2 aromatic rings. The molecule has 1 aliphatic carbocycles. The van der Waals surface area contributed by atoms with E-state index < -0.39 is 0 Å². The summed E-state index contributed by atoms with van der Waals surface area (Å²) < 4.78 is 18.1. The summed E-state index contributed by atoms with van der Waals surface area (Å²) in [5, 5.41) is 6.98. The predicted molar refractivity (Wildman–Crippen MR) is 59.1 cm³/mol. The molecule has 0 bridgehead atoms. The van der Waals surface area contributed by atoms with E-state index in [-0.39, 0.29) is 5.82 Å². The highest BCUT2D eigenvalue weighted by atomic mass is 19.1. The first-order valence-corrected chi connectivity index (χ1v) is 5.61. The predicted octanol–water partition coefficient (Wildman–Crippen LogP) is 2.40. The molecular weight excluding hydrogens is 221 g/mol. The lowest BCUT2D eigenvalue weighted by Gasteiger charge is -2.02. The first-order valence-electron chi connectivity index (χ1n) is 5.61. The summed E-state index contributed by atoms with van der Waals surface area (Å²) in [6.45, 7) is 0.325. The van der Waals surface area contributed by atoms with Crippen LogP contribution in [0.1, 0.15) is 30.4 Å². The van der Waals surface area contributed by atoms with Crippen molar-refractivity contribution in [1.29, 1.82) is 0 Å². The van der Waals surface area contributed by atoms with E-state index in [9.17, 15) is 4.39 Å². The zero-order valence-electron chi connectivity index (χ0n) is 9.19. The van der Waals surface area contributed by atoms with E-state index in [2.05, 4.69) is 15.2 Å². The molecule has 17 heavy (non-hydrogen) atoms. The number of halogens is 1. The number of benzene rings is 1. The van der Waals surface area contributed by atoms with E-state index >= 15 is 0 Å². The summed E-state index contributed by atoms with van der Waals surface area (Å²) in [4.78, 5) is 4.34. The molecule has 0 spiro atoms. The Morgan fingerprint density at radius 3 is 2.76 bits per heavy atom. The fraction of sp³-hybridized carbons (Fsp3) is 0.333.